The van der Waals surface area contributed by atoms with Crippen molar-refractivity contribution in [1.82, 2.24) is 0 Å². The fourth-order valence-electron chi connectivity index (χ4n) is 1.41. The second-order valence-electron chi connectivity index (χ2n) is 3.84. The van der Waals surface area contributed by atoms with E-state index in [4.69, 9.17) is 0 Å². The number of hydrogen-bond acceptors (Lipinski definition) is 3. The van der Waals surface area contributed by atoms with Crippen molar-refractivity contribution < 1.29 is 13.5 Å². The van der Waals surface area contributed by atoms with Gasteiger partial charge in [-0.1, -0.05) is 24.3 Å². The van der Waals surface area contributed by atoms with Crippen molar-refractivity contribution >= 4 is 9.84 Å². The van der Waals surface area contributed by atoms with E-state index in [-0.39, 0.29) is 0 Å². The molecule has 3 nitrogen and oxygen atoms in total. The molecule has 1 aromatic rings. The zero-order chi connectivity index (χ0) is 11.6. The average molecular weight is 228 g/mol. The molecule has 0 bridgehead atoms. The lowest BCUT2D eigenvalue weighted by Gasteiger charge is -2.19. The number of hydrogen-bond donors (Lipinski definition) is 1. The second kappa shape index (κ2) is 4.33. The minimum Gasteiger partial charge on any atom is -0.387 e. The van der Waals surface area contributed by atoms with Crippen LogP contribution in [0, 0.1) is 6.92 Å². The van der Waals surface area contributed by atoms with Gasteiger partial charge in [0.15, 0.2) is 9.84 Å². The van der Waals surface area contributed by atoms with Crippen LogP contribution in [0.1, 0.15) is 24.2 Å². The summed E-state index contributed by atoms with van der Waals surface area (Å²) >= 11 is 0. The van der Waals surface area contributed by atoms with Crippen molar-refractivity contribution in [3.63, 3.8) is 0 Å². The van der Waals surface area contributed by atoms with E-state index in [0.717, 1.165) is 11.8 Å². The van der Waals surface area contributed by atoms with Crippen LogP contribution in [0.5, 0.6) is 0 Å². The van der Waals surface area contributed by atoms with Gasteiger partial charge in [0.2, 0.25) is 0 Å². The first-order valence-corrected chi connectivity index (χ1v) is 6.72. The molecule has 1 N–H and O–H groups in total. The standard InChI is InChI=1S/C11H16O3S/c1-8-6-4-5-7-10(8)11(12)9(2)15(3,13)14/h4-7,9,11-12H,1-3H3/t9-,11-/m1/s1. The molecule has 0 saturated carbocycles. The monoisotopic (exact) mass is 228 g/mol. The van der Waals surface area contributed by atoms with Gasteiger partial charge in [0.25, 0.3) is 0 Å². The number of rotatable bonds is 3. The SMILES string of the molecule is Cc1ccccc1[C@H](O)[C@@H](C)S(C)(=O)=O. The molecule has 0 aromatic heterocycles. The van der Waals surface area contributed by atoms with Crippen molar-refractivity contribution in [2.45, 2.75) is 25.2 Å². The van der Waals surface area contributed by atoms with Crippen LogP contribution in [0.3, 0.4) is 0 Å². The lowest BCUT2D eigenvalue weighted by atomic mass is 10.0. The summed E-state index contributed by atoms with van der Waals surface area (Å²) in [6, 6.07) is 7.26. The van der Waals surface area contributed by atoms with Gasteiger partial charge in [0.05, 0.1) is 11.4 Å². The first-order chi connectivity index (χ1) is 6.84. The molecule has 2 atom stereocenters. The Bertz CT molecular complexity index is 437. The van der Waals surface area contributed by atoms with E-state index in [1.165, 1.54) is 6.92 Å². The van der Waals surface area contributed by atoms with Gasteiger partial charge in [-0.25, -0.2) is 8.42 Å². The molecule has 15 heavy (non-hydrogen) atoms. The van der Waals surface area contributed by atoms with Gasteiger partial charge >= 0.3 is 0 Å². The molecule has 0 fully saturated rings. The molecule has 84 valence electrons. The molecule has 0 heterocycles. The predicted octanol–water partition coefficient (Wildman–Crippen LogP) is 1.46. The summed E-state index contributed by atoms with van der Waals surface area (Å²) in [7, 11) is -3.22. The number of aliphatic hydroxyl groups is 1. The quantitative estimate of drug-likeness (QED) is 0.852. The third-order valence-corrected chi connectivity index (χ3v) is 4.24. The van der Waals surface area contributed by atoms with Crippen molar-refractivity contribution in [2.24, 2.45) is 0 Å². The molecule has 0 aliphatic carbocycles. The number of aliphatic hydroxyl groups excluding tert-OH is 1. The Kier molecular flexibility index (Phi) is 3.52. The summed E-state index contributed by atoms with van der Waals surface area (Å²) in [6.45, 7) is 3.37. The molecule has 0 unspecified atom stereocenters. The summed E-state index contributed by atoms with van der Waals surface area (Å²) in [5, 5.41) is 9.15. The topological polar surface area (TPSA) is 54.4 Å². The highest BCUT2D eigenvalue weighted by Gasteiger charge is 2.26. The third kappa shape index (κ3) is 2.79. The highest BCUT2D eigenvalue weighted by Crippen LogP contribution is 2.23. The first-order valence-electron chi connectivity index (χ1n) is 4.76. The van der Waals surface area contributed by atoms with E-state index in [1.807, 2.05) is 19.1 Å². The zero-order valence-electron chi connectivity index (χ0n) is 9.14. The van der Waals surface area contributed by atoms with E-state index < -0.39 is 21.2 Å². The Hall–Kier alpha value is -0.870. The summed E-state index contributed by atoms with van der Waals surface area (Å²) in [6.07, 6.45) is 0.181. The molecule has 0 spiro atoms. The van der Waals surface area contributed by atoms with Gasteiger partial charge in [-0.2, -0.15) is 0 Å². The van der Waals surface area contributed by atoms with Crippen molar-refractivity contribution in [1.29, 1.82) is 0 Å². The van der Waals surface area contributed by atoms with Gasteiger partial charge in [0, 0.05) is 6.26 Å². The summed E-state index contributed by atoms with van der Waals surface area (Å²) in [4.78, 5) is 0. The van der Waals surface area contributed by atoms with E-state index in [0.29, 0.717) is 5.56 Å². The lowest BCUT2D eigenvalue weighted by Crippen LogP contribution is -2.24. The van der Waals surface area contributed by atoms with Gasteiger partial charge < -0.3 is 5.11 Å². The molecule has 4 heteroatoms. The van der Waals surface area contributed by atoms with Gasteiger partial charge in [-0.05, 0) is 25.0 Å². The Morgan fingerprint density at radius 3 is 2.27 bits per heavy atom. The van der Waals surface area contributed by atoms with Crippen molar-refractivity contribution in [3.05, 3.63) is 35.4 Å². The molecule has 0 aliphatic heterocycles. The van der Waals surface area contributed by atoms with Crippen LogP contribution < -0.4 is 0 Å². The summed E-state index contributed by atoms with van der Waals surface area (Å²) < 4.78 is 22.6. The molecule has 0 amide bonds. The van der Waals surface area contributed by atoms with Gasteiger partial charge in [-0.3, -0.25) is 0 Å². The smallest absolute Gasteiger partial charge is 0.152 e. The number of benzene rings is 1. The minimum absolute atomic E-state index is 0.676. The van der Waals surface area contributed by atoms with Crippen LogP contribution >= 0.6 is 0 Å². The Morgan fingerprint density at radius 1 is 1.27 bits per heavy atom. The van der Waals surface area contributed by atoms with Crippen LogP contribution in [-0.2, 0) is 9.84 Å². The van der Waals surface area contributed by atoms with E-state index in [9.17, 15) is 13.5 Å². The normalized spacial score (nSPS) is 16.0. The molecule has 1 aromatic carbocycles. The molecular formula is C11H16O3S. The third-order valence-electron chi connectivity index (χ3n) is 2.63. The van der Waals surface area contributed by atoms with E-state index in [2.05, 4.69) is 0 Å². The number of sulfone groups is 1. The highest BCUT2D eigenvalue weighted by molar-refractivity contribution is 7.91. The van der Waals surface area contributed by atoms with E-state index >= 15 is 0 Å². The van der Waals surface area contributed by atoms with Gasteiger partial charge in [-0.15, -0.1) is 0 Å². The van der Waals surface area contributed by atoms with Crippen LogP contribution in [0.2, 0.25) is 0 Å². The van der Waals surface area contributed by atoms with Gasteiger partial charge in [0.1, 0.15) is 0 Å². The van der Waals surface area contributed by atoms with Crippen molar-refractivity contribution in [2.75, 3.05) is 6.26 Å². The maximum absolute atomic E-state index is 11.3. The predicted molar refractivity (Wildman–Crippen MR) is 60.4 cm³/mol. The molecular weight excluding hydrogens is 212 g/mol. The highest BCUT2D eigenvalue weighted by atomic mass is 32.2. The van der Waals surface area contributed by atoms with Crippen LogP contribution in [0.25, 0.3) is 0 Å². The summed E-state index contributed by atoms with van der Waals surface area (Å²) in [5.74, 6) is 0. The minimum atomic E-state index is -3.22. The molecule has 1 rings (SSSR count). The zero-order valence-corrected chi connectivity index (χ0v) is 9.95. The largest absolute Gasteiger partial charge is 0.387 e. The average Bonchev–Trinajstić information content (AvgIpc) is 2.15. The fraction of sp³-hybridized carbons (Fsp3) is 0.455. The molecule has 0 saturated heterocycles. The second-order valence-corrected chi connectivity index (χ2v) is 6.24. The van der Waals surface area contributed by atoms with E-state index in [1.54, 1.807) is 12.1 Å². The fourth-order valence-corrected chi connectivity index (χ4v) is 2.02. The maximum Gasteiger partial charge on any atom is 0.152 e. The molecule has 0 radical (unpaired) electrons. The summed E-state index contributed by atoms with van der Waals surface area (Å²) in [5.41, 5.74) is 1.58. The van der Waals surface area contributed by atoms with Crippen LogP contribution in [0.15, 0.2) is 24.3 Å². The molecule has 0 aliphatic rings. The Labute approximate surface area is 90.7 Å². The maximum atomic E-state index is 11.3. The van der Waals surface area contributed by atoms with Crippen molar-refractivity contribution in [3.8, 4) is 0 Å². The Morgan fingerprint density at radius 2 is 1.80 bits per heavy atom. The number of aryl methyl sites for hydroxylation is 1. The van der Waals surface area contributed by atoms with Crippen LogP contribution in [-0.4, -0.2) is 25.0 Å². The Balaban J connectivity index is 3.06. The lowest BCUT2D eigenvalue weighted by molar-refractivity contribution is 0.175. The first kappa shape index (κ1) is 12.2. The van der Waals surface area contributed by atoms with Crippen LogP contribution in [0.4, 0.5) is 0 Å².